The maximum Gasteiger partial charge on any atom is 0.175 e. The van der Waals surface area contributed by atoms with E-state index in [0.717, 1.165) is 12.7 Å². The number of carbonyl (C=O) groups is 1. The van der Waals surface area contributed by atoms with Crippen molar-refractivity contribution in [3.8, 4) is 0 Å². The molecule has 0 saturated carbocycles. The van der Waals surface area contributed by atoms with Crippen molar-refractivity contribution in [2.45, 2.75) is 31.2 Å². The Balaban J connectivity index is 2.23. The minimum atomic E-state index is -3.32. The Morgan fingerprint density at radius 1 is 1.33 bits per heavy atom. The van der Waals surface area contributed by atoms with Crippen molar-refractivity contribution in [3.63, 3.8) is 0 Å². The summed E-state index contributed by atoms with van der Waals surface area (Å²) in [5.74, 6) is 0.414. The zero-order valence-electron chi connectivity index (χ0n) is 12.0. The van der Waals surface area contributed by atoms with Gasteiger partial charge in [0, 0.05) is 18.4 Å². The number of carbonyl (C=O) groups excluding carboxylic acids is 1. The van der Waals surface area contributed by atoms with Gasteiger partial charge >= 0.3 is 0 Å². The molecule has 112 valence electrons. The van der Waals surface area contributed by atoms with E-state index in [9.17, 15) is 13.2 Å². The van der Waals surface area contributed by atoms with Crippen LogP contribution in [0.25, 0.3) is 0 Å². The van der Waals surface area contributed by atoms with Crippen molar-refractivity contribution in [2.75, 3.05) is 6.26 Å². The molecule has 0 aliphatic carbocycles. The van der Waals surface area contributed by atoms with E-state index in [1.54, 1.807) is 16.8 Å². The van der Waals surface area contributed by atoms with E-state index in [2.05, 4.69) is 10.1 Å². The molecular formula is C14H17N3O3S. The Morgan fingerprint density at radius 3 is 2.76 bits per heavy atom. The van der Waals surface area contributed by atoms with Crippen LogP contribution in [0.5, 0.6) is 0 Å². The van der Waals surface area contributed by atoms with Gasteiger partial charge in [0.15, 0.2) is 15.6 Å². The average molecular weight is 307 g/mol. The monoisotopic (exact) mass is 307 g/mol. The second-order valence-electron chi connectivity index (χ2n) is 4.80. The van der Waals surface area contributed by atoms with Gasteiger partial charge < -0.3 is 0 Å². The highest BCUT2D eigenvalue weighted by molar-refractivity contribution is 7.90. The molecule has 21 heavy (non-hydrogen) atoms. The molecule has 0 radical (unpaired) electrons. The minimum Gasteiger partial charge on any atom is -0.294 e. The van der Waals surface area contributed by atoms with Gasteiger partial charge in [-0.15, -0.1) is 0 Å². The first-order chi connectivity index (χ1) is 9.91. The van der Waals surface area contributed by atoms with Crippen LogP contribution in [0, 0.1) is 0 Å². The van der Waals surface area contributed by atoms with Crippen molar-refractivity contribution in [2.24, 2.45) is 0 Å². The summed E-state index contributed by atoms with van der Waals surface area (Å²) < 4.78 is 24.7. The molecule has 2 aromatic rings. The highest BCUT2D eigenvalue weighted by Gasteiger charge is 2.14. The lowest BCUT2D eigenvalue weighted by Gasteiger charge is -2.05. The molecule has 6 nitrogen and oxygen atoms in total. The molecule has 0 N–H and O–H groups in total. The van der Waals surface area contributed by atoms with Crippen LogP contribution in [0.1, 0.15) is 29.5 Å². The number of nitrogens with zero attached hydrogens (tertiary/aromatic N) is 3. The van der Waals surface area contributed by atoms with Gasteiger partial charge in [0.25, 0.3) is 0 Å². The summed E-state index contributed by atoms with van der Waals surface area (Å²) >= 11 is 0. The molecule has 0 fully saturated rings. The lowest BCUT2D eigenvalue weighted by Crippen LogP contribution is -2.12. The lowest BCUT2D eigenvalue weighted by atomic mass is 10.1. The Kier molecular flexibility index (Phi) is 4.52. The van der Waals surface area contributed by atoms with Gasteiger partial charge in [-0.1, -0.05) is 19.1 Å². The van der Waals surface area contributed by atoms with Gasteiger partial charge in [-0.2, -0.15) is 5.10 Å². The third kappa shape index (κ3) is 3.75. The molecular weight excluding hydrogens is 290 g/mol. The van der Waals surface area contributed by atoms with Crippen molar-refractivity contribution in [3.05, 3.63) is 42.0 Å². The number of rotatable bonds is 6. The smallest absolute Gasteiger partial charge is 0.175 e. The quantitative estimate of drug-likeness (QED) is 0.756. The second-order valence-corrected chi connectivity index (χ2v) is 6.82. The van der Waals surface area contributed by atoms with Gasteiger partial charge in [0.05, 0.1) is 11.3 Å². The lowest BCUT2D eigenvalue weighted by molar-refractivity contribution is 0.0989. The average Bonchev–Trinajstić information content (AvgIpc) is 2.86. The summed E-state index contributed by atoms with van der Waals surface area (Å²) in [5, 5.41) is 4.07. The molecule has 0 amide bonds. The summed E-state index contributed by atoms with van der Waals surface area (Å²) in [6.07, 6.45) is 3.54. The Labute approximate surface area is 123 Å². The Morgan fingerprint density at radius 2 is 2.10 bits per heavy atom. The highest BCUT2D eigenvalue weighted by Crippen LogP contribution is 2.13. The maximum atomic E-state index is 12.3. The SMILES string of the molecule is CCCn1ncnc1CC(=O)c1cccc(S(C)(=O)=O)c1. The normalized spacial score (nSPS) is 11.5. The number of hydrogen-bond acceptors (Lipinski definition) is 5. The molecule has 1 heterocycles. The molecule has 0 aliphatic rings. The summed E-state index contributed by atoms with van der Waals surface area (Å²) in [7, 11) is -3.32. The highest BCUT2D eigenvalue weighted by atomic mass is 32.2. The summed E-state index contributed by atoms with van der Waals surface area (Å²) in [5.41, 5.74) is 0.365. The van der Waals surface area contributed by atoms with Crippen molar-refractivity contribution in [1.29, 1.82) is 0 Å². The minimum absolute atomic E-state index is 0.104. The molecule has 1 aromatic carbocycles. The third-order valence-electron chi connectivity index (χ3n) is 3.03. The third-order valence-corrected chi connectivity index (χ3v) is 4.14. The standard InChI is InChI=1S/C14H17N3O3S/c1-3-7-17-14(15-10-16-17)9-13(18)11-5-4-6-12(8-11)21(2,19)20/h4-6,8,10H,3,7,9H2,1-2H3. The first kappa shape index (κ1) is 15.4. The number of ketones is 1. The molecule has 7 heteroatoms. The summed E-state index contributed by atoms with van der Waals surface area (Å²) in [6.45, 7) is 2.72. The van der Waals surface area contributed by atoms with E-state index < -0.39 is 9.84 Å². The molecule has 0 saturated heterocycles. The van der Waals surface area contributed by atoms with Crippen LogP contribution in [0.3, 0.4) is 0 Å². The van der Waals surface area contributed by atoms with Crippen molar-refractivity contribution in [1.82, 2.24) is 14.8 Å². The van der Waals surface area contributed by atoms with E-state index in [1.807, 2.05) is 6.92 Å². The van der Waals surface area contributed by atoms with Crippen LogP contribution < -0.4 is 0 Å². The van der Waals surface area contributed by atoms with Crippen molar-refractivity contribution >= 4 is 15.6 Å². The summed E-state index contributed by atoms with van der Waals surface area (Å²) in [6, 6.07) is 6.06. The van der Waals surface area contributed by atoms with E-state index in [4.69, 9.17) is 0 Å². The fourth-order valence-electron chi connectivity index (χ4n) is 1.97. The van der Waals surface area contributed by atoms with Crippen LogP contribution in [-0.4, -0.2) is 35.2 Å². The van der Waals surface area contributed by atoms with Crippen LogP contribution in [-0.2, 0) is 22.8 Å². The molecule has 0 aliphatic heterocycles. The number of sulfone groups is 1. The predicted molar refractivity (Wildman–Crippen MR) is 77.9 cm³/mol. The Bertz CT molecular complexity index is 750. The van der Waals surface area contributed by atoms with Gasteiger partial charge in [-0.3, -0.25) is 4.79 Å². The number of hydrogen-bond donors (Lipinski definition) is 0. The fourth-order valence-corrected chi connectivity index (χ4v) is 2.64. The molecule has 0 bridgehead atoms. The number of aryl methyl sites for hydroxylation is 1. The van der Waals surface area contributed by atoms with Crippen LogP contribution >= 0.6 is 0 Å². The van der Waals surface area contributed by atoms with Gasteiger partial charge in [-0.25, -0.2) is 18.1 Å². The molecule has 0 atom stereocenters. The topological polar surface area (TPSA) is 81.9 Å². The van der Waals surface area contributed by atoms with Crippen molar-refractivity contribution < 1.29 is 13.2 Å². The van der Waals surface area contributed by atoms with E-state index >= 15 is 0 Å². The maximum absolute atomic E-state index is 12.3. The zero-order chi connectivity index (χ0) is 15.5. The van der Waals surface area contributed by atoms with E-state index in [-0.39, 0.29) is 17.1 Å². The molecule has 1 aromatic heterocycles. The number of aromatic nitrogens is 3. The summed E-state index contributed by atoms with van der Waals surface area (Å²) in [4.78, 5) is 16.5. The molecule has 0 unspecified atom stereocenters. The van der Waals surface area contributed by atoms with Crippen LogP contribution in [0.4, 0.5) is 0 Å². The van der Waals surface area contributed by atoms with Gasteiger partial charge in [-0.05, 0) is 18.6 Å². The second kappa shape index (κ2) is 6.17. The fraction of sp³-hybridized carbons (Fsp3) is 0.357. The first-order valence-corrected chi connectivity index (χ1v) is 8.51. The number of benzene rings is 1. The predicted octanol–water partition coefficient (Wildman–Crippen LogP) is 1.52. The van der Waals surface area contributed by atoms with Gasteiger partial charge in [0.2, 0.25) is 0 Å². The van der Waals surface area contributed by atoms with E-state index in [1.165, 1.54) is 18.5 Å². The molecule has 0 spiro atoms. The van der Waals surface area contributed by atoms with Crippen LogP contribution in [0.15, 0.2) is 35.5 Å². The largest absolute Gasteiger partial charge is 0.294 e. The first-order valence-electron chi connectivity index (χ1n) is 6.62. The molecule has 2 rings (SSSR count). The van der Waals surface area contributed by atoms with E-state index in [0.29, 0.717) is 17.9 Å². The Hall–Kier alpha value is -2.02. The van der Waals surface area contributed by atoms with Crippen LogP contribution in [0.2, 0.25) is 0 Å². The van der Waals surface area contributed by atoms with Gasteiger partial charge in [0.1, 0.15) is 12.2 Å². The zero-order valence-corrected chi connectivity index (χ0v) is 12.8. The number of Topliss-reactive ketones (excluding diaryl/α,β-unsaturated/α-hetero) is 1.